The van der Waals surface area contributed by atoms with Gasteiger partial charge in [-0.25, -0.2) is 4.79 Å². The Morgan fingerprint density at radius 2 is 1.58 bits per heavy atom. The minimum absolute atomic E-state index is 0.0520. The lowest BCUT2D eigenvalue weighted by molar-refractivity contribution is -0.144. The lowest BCUT2D eigenvalue weighted by atomic mass is 9.83. The minimum atomic E-state index is -1.24. The van der Waals surface area contributed by atoms with Gasteiger partial charge in [-0.15, -0.1) is 0 Å². The summed E-state index contributed by atoms with van der Waals surface area (Å²) in [4.78, 5) is 80.1. The molecule has 2 aliphatic carbocycles. The van der Waals surface area contributed by atoms with Crippen LogP contribution in [0.5, 0.6) is 0 Å². The van der Waals surface area contributed by atoms with E-state index in [-0.39, 0.29) is 35.1 Å². The molecule has 3 aliphatic rings. The highest BCUT2D eigenvalue weighted by Gasteiger charge is 2.69. The molecule has 1 heterocycles. The highest BCUT2D eigenvalue weighted by molar-refractivity contribution is 6.38. The molecule has 1 saturated heterocycles. The van der Waals surface area contributed by atoms with Crippen molar-refractivity contribution in [1.82, 2.24) is 26.2 Å². The maximum Gasteiger partial charge on any atom is 0.316 e. The molecule has 2 saturated carbocycles. The van der Waals surface area contributed by atoms with E-state index in [2.05, 4.69) is 21.3 Å². The quantitative estimate of drug-likeness (QED) is 0.153. The van der Waals surface area contributed by atoms with Crippen LogP contribution in [0.2, 0.25) is 0 Å². The Labute approximate surface area is 267 Å². The molecule has 3 fully saturated rings. The molecule has 0 aromatic heterocycles. The van der Waals surface area contributed by atoms with Gasteiger partial charge in [-0.3, -0.25) is 24.0 Å². The third-order valence-corrected chi connectivity index (χ3v) is 9.66. The van der Waals surface area contributed by atoms with Crippen molar-refractivity contribution in [3.05, 3.63) is 12.2 Å². The molecular weight excluding hydrogens is 576 g/mol. The number of Topliss-reactive ketones (excluding diaryl/α,β-unsaturated/α-hetero) is 1. The molecule has 12 nitrogen and oxygen atoms in total. The Hall–Kier alpha value is -3.44. The number of rotatable bonds is 13. The van der Waals surface area contributed by atoms with Crippen LogP contribution in [-0.2, 0) is 24.0 Å². The third-order valence-electron chi connectivity index (χ3n) is 9.66. The molecular formula is C33H54N6O6. The van der Waals surface area contributed by atoms with Gasteiger partial charge in [0.1, 0.15) is 24.2 Å². The molecule has 6 N–H and O–H groups in total. The van der Waals surface area contributed by atoms with Crippen LogP contribution in [0.15, 0.2) is 12.2 Å². The van der Waals surface area contributed by atoms with E-state index < -0.39 is 59.1 Å². The molecule has 3 rings (SSSR count). The number of likely N-dealkylation sites (tertiary alicyclic amines) is 1. The number of allylic oxidation sites excluding steroid dienone is 1. The first-order chi connectivity index (χ1) is 20.8. The van der Waals surface area contributed by atoms with Crippen molar-refractivity contribution in [2.24, 2.45) is 40.2 Å². The van der Waals surface area contributed by atoms with E-state index in [0.717, 1.165) is 19.3 Å². The number of fused-ring (bicyclic) bond motifs is 1. The number of carbonyl (C=O) groups excluding carboxylic acids is 6. The van der Waals surface area contributed by atoms with Crippen molar-refractivity contribution in [3.8, 4) is 0 Å². The lowest BCUT2D eigenvalue weighted by Crippen LogP contribution is -2.62. The molecule has 0 radical (unpaired) electrons. The van der Waals surface area contributed by atoms with E-state index in [9.17, 15) is 28.8 Å². The minimum Gasteiger partial charge on any atom is -0.363 e. The summed E-state index contributed by atoms with van der Waals surface area (Å²) in [6, 6.07) is -4.78. The summed E-state index contributed by atoms with van der Waals surface area (Å²) in [6.07, 6.45) is 7.44. The number of nitrogens with one attached hydrogen (secondary N) is 4. The van der Waals surface area contributed by atoms with Gasteiger partial charge in [0.2, 0.25) is 23.5 Å². The van der Waals surface area contributed by atoms with Crippen LogP contribution in [0.25, 0.3) is 0 Å². The number of nitrogens with two attached hydrogens (primary N) is 1. The van der Waals surface area contributed by atoms with Gasteiger partial charge in [0.25, 0.3) is 5.91 Å². The van der Waals surface area contributed by atoms with Crippen LogP contribution in [0, 0.1) is 34.5 Å². The molecule has 0 bridgehead atoms. The Bertz CT molecular complexity index is 1200. The van der Waals surface area contributed by atoms with Crippen molar-refractivity contribution in [1.29, 1.82) is 0 Å². The van der Waals surface area contributed by atoms with Gasteiger partial charge in [-0.1, -0.05) is 79.9 Å². The van der Waals surface area contributed by atoms with Crippen LogP contribution in [0.3, 0.4) is 0 Å². The zero-order chi connectivity index (χ0) is 34.0. The monoisotopic (exact) mass is 630 g/mol. The number of hydrogen-bond acceptors (Lipinski definition) is 6. The topological polar surface area (TPSA) is 180 Å². The van der Waals surface area contributed by atoms with E-state index in [0.29, 0.717) is 12.5 Å². The second-order valence-electron chi connectivity index (χ2n) is 15.4. The molecule has 0 aromatic carbocycles. The first-order valence-electron chi connectivity index (χ1n) is 16.3. The fourth-order valence-corrected chi connectivity index (χ4v) is 6.58. The number of primary amides is 1. The second kappa shape index (κ2) is 13.9. The number of amides is 6. The van der Waals surface area contributed by atoms with Crippen LogP contribution < -0.4 is 27.0 Å². The summed E-state index contributed by atoms with van der Waals surface area (Å²) in [5, 5.41) is 11.0. The maximum absolute atomic E-state index is 14.2. The van der Waals surface area contributed by atoms with E-state index in [1.807, 2.05) is 62.3 Å². The molecule has 0 spiro atoms. The highest BCUT2D eigenvalue weighted by atomic mass is 16.2. The number of nitrogens with zero attached hydrogens (tertiary/aromatic N) is 1. The van der Waals surface area contributed by atoms with Crippen molar-refractivity contribution < 1.29 is 28.8 Å². The number of ketones is 1. The maximum atomic E-state index is 14.2. The van der Waals surface area contributed by atoms with Gasteiger partial charge in [0.05, 0.1) is 0 Å². The molecule has 252 valence electrons. The van der Waals surface area contributed by atoms with Gasteiger partial charge in [-0.2, -0.15) is 0 Å². The van der Waals surface area contributed by atoms with Gasteiger partial charge < -0.3 is 31.9 Å². The Kier molecular flexibility index (Phi) is 11.1. The Morgan fingerprint density at radius 1 is 0.956 bits per heavy atom. The molecule has 45 heavy (non-hydrogen) atoms. The highest BCUT2D eigenvalue weighted by Crippen LogP contribution is 2.65. The molecule has 12 heteroatoms. The predicted octanol–water partition coefficient (Wildman–Crippen LogP) is 2.02. The van der Waals surface area contributed by atoms with Gasteiger partial charge in [-0.05, 0) is 54.8 Å². The van der Waals surface area contributed by atoms with Crippen LogP contribution in [0.1, 0.15) is 88.0 Å². The largest absolute Gasteiger partial charge is 0.363 e. The second-order valence-corrected chi connectivity index (χ2v) is 15.4. The summed E-state index contributed by atoms with van der Waals surface area (Å²) < 4.78 is 0. The Balaban J connectivity index is 1.81. The predicted molar refractivity (Wildman–Crippen MR) is 170 cm³/mol. The van der Waals surface area contributed by atoms with E-state index >= 15 is 0 Å². The normalized spacial score (nSPS) is 24.3. The molecule has 6 amide bonds. The Morgan fingerprint density at radius 3 is 2.07 bits per heavy atom. The number of urea groups is 1. The zero-order valence-corrected chi connectivity index (χ0v) is 28.4. The van der Waals surface area contributed by atoms with Gasteiger partial charge in [0.15, 0.2) is 0 Å². The fourth-order valence-electron chi connectivity index (χ4n) is 6.58. The molecule has 0 aromatic rings. The van der Waals surface area contributed by atoms with E-state index in [1.54, 1.807) is 6.08 Å². The van der Waals surface area contributed by atoms with E-state index in [1.165, 1.54) is 17.4 Å². The number of hydrogen-bond donors (Lipinski definition) is 5. The first kappa shape index (κ1) is 36.0. The summed E-state index contributed by atoms with van der Waals surface area (Å²) in [6.45, 7) is 17.1. The molecule has 1 aliphatic heterocycles. The van der Waals surface area contributed by atoms with Crippen LogP contribution in [-0.4, -0.2) is 77.1 Å². The summed E-state index contributed by atoms with van der Waals surface area (Å²) >= 11 is 0. The number of carbonyl (C=O) groups is 6. The summed E-state index contributed by atoms with van der Waals surface area (Å²) in [7, 11) is 0. The number of piperidine rings is 1. The SMILES string of the molecule is CC(C)NC(=O)[C@@H](NC(=O)N[C@H](C(=O)N1C[C@H]2[C@@H]([C@H]1C(=O)NC(/C=C/CC1CCC1)C(=O)C(N)=O)C2(C)C)C(C)(C)C)C(C)C. The van der Waals surface area contributed by atoms with Crippen molar-refractivity contribution in [2.45, 2.75) is 118 Å². The summed E-state index contributed by atoms with van der Waals surface area (Å²) in [5.41, 5.74) is 4.35. The average Bonchev–Trinajstić information content (AvgIpc) is 3.20. The smallest absolute Gasteiger partial charge is 0.316 e. The standard InChI is InChI=1S/C33H54N6O6/c1-17(2)23(28(42)35-18(3)4)37-31(45)38-26(32(5,6)7)30(44)39-16-20-22(33(20,8)9)24(39)29(43)36-21(25(40)27(34)41)15-11-14-19-12-10-13-19/h11,15,17-24,26H,10,12-14,16H2,1-9H3,(H2,34,41)(H,35,42)(H,36,43)(H2,37,38,45)/b15-11+/t20-,21?,22-,23-,24-,26+/m0/s1. The van der Waals surface area contributed by atoms with Gasteiger partial charge >= 0.3 is 6.03 Å². The lowest BCUT2D eigenvalue weighted by Gasteiger charge is -2.38. The van der Waals surface area contributed by atoms with Crippen LogP contribution in [0.4, 0.5) is 4.79 Å². The molecule has 6 atom stereocenters. The van der Waals surface area contributed by atoms with Crippen molar-refractivity contribution in [2.75, 3.05) is 6.54 Å². The first-order valence-corrected chi connectivity index (χ1v) is 16.3. The average molecular weight is 631 g/mol. The van der Waals surface area contributed by atoms with E-state index in [4.69, 9.17) is 5.73 Å². The zero-order valence-electron chi connectivity index (χ0n) is 28.4. The third kappa shape index (κ3) is 8.43. The van der Waals surface area contributed by atoms with Crippen LogP contribution >= 0.6 is 0 Å². The fraction of sp³-hybridized carbons (Fsp3) is 0.758. The summed E-state index contributed by atoms with van der Waals surface area (Å²) in [5.74, 6) is -3.18. The van der Waals surface area contributed by atoms with Crippen molar-refractivity contribution in [3.63, 3.8) is 0 Å². The van der Waals surface area contributed by atoms with Gasteiger partial charge in [0, 0.05) is 12.6 Å². The van der Waals surface area contributed by atoms with Crippen molar-refractivity contribution >= 4 is 35.4 Å². The molecule has 1 unspecified atom stereocenters.